The minimum absolute atomic E-state index is 0.741. The smallest absolute Gasteiger partial charge is 0.0937 e. The van der Waals surface area contributed by atoms with Gasteiger partial charge in [-0.1, -0.05) is 6.42 Å². The summed E-state index contributed by atoms with van der Waals surface area (Å²) in [6.07, 6.45) is 7.05. The van der Waals surface area contributed by atoms with Crippen molar-refractivity contribution in [2.75, 3.05) is 26.7 Å². The van der Waals surface area contributed by atoms with Crippen molar-refractivity contribution in [1.29, 1.82) is 0 Å². The molecule has 4 heteroatoms. The molecule has 1 N–H and O–H groups in total. The van der Waals surface area contributed by atoms with E-state index in [1.54, 1.807) is 11.3 Å². The van der Waals surface area contributed by atoms with Crippen LogP contribution in [0.3, 0.4) is 0 Å². The highest BCUT2D eigenvalue weighted by Crippen LogP contribution is 2.13. The molecule has 1 aliphatic rings. The second-order valence-corrected chi connectivity index (χ2v) is 5.49. The first-order valence-corrected chi connectivity index (χ1v) is 7.03. The van der Waals surface area contributed by atoms with Crippen molar-refractivity contribution in [2.45, 2.75) is 31.7 Å². The molecule has 2 heterocycles. The van der Waals surface area contributed by atoms with E-state index in [4.69, 9.17) is 0 Å². The minimum atomic E-state index is 0.741. The van der Waals surface area contributed by atoms with Crippen LogP contribution in [0, 0.1) is 0 Å². The van der Waals surface area contributed by atoms with Gasteiger partial charge in [-0.2, -0.15) is 0 Å². The molecule has 1 fully saturated rings. The summed E-state index contributed by atoms with van der Waals surface area (Å²) in [5, 5.41) is 6.83. The van der Waals surface area contributed by atoms with E-state index in [-0.39, 0.29) is 0 Å². The Kier molecular flexibility index (Phi) is 4.75. The molecule has 1 aromatic rings. The molecule has 0 spiro atoms. The molecule has 0 radical (unpaired) electrons. The number of hydrogen-bond donors (Lipinski definition) is 1. The van der Waals surface area contributed by atoms with Gasteiger partial charge in [0.05, 0.1) is 5.01 Å². The number of aromatic nitrogens is 1. The number of nitrogens with zero attached hydrogens (tertiary/aromatic N) is 2. The van der Waals surface area contributed by atoms with Gasteiger partial charge in [0.2, 0.25) is 0 Å². The Bertz CT molecular complexity index is 286. The maximum Gasteiger partial charge on any atom is 0.0937 e. The van der Waals surface area contributed by atoms with E-state index in [0.29, 0.717) is 0 Å². The van der Waals surface area contributed by atoms with Gasteiger partial charge in [-0.3, -0.25) is 0 Å². The average Bonchev–Trinajstić information content (AvgIpc) is 2.79. The molecule has 0 bridgehead atoms. The van der Waals surface area contributed by atoms with E-state index in [1.807, 2.05) is 11.6 Å². The van der Waals surface area contributed by atoms with Crippen LogP contribution in [-0.2, 0) is 6.42 Å². The summed E-state index contributed by atoms with van der Waals surface area (Å²) in [5.74, 6) is 0. The van der Waals surface area contributed by atoms with Crippen LogP contribution < -0.4 is 5.32 Å². The van der Waals surface area contributed by atoms with Gasteiger partial charge in [-0.15, -0.1) is 11.3 Å². The van der Waals surface area contributed by atoms with Crippen LogP contribution >= 0.6 is 11.3 Å². The SMILES string of the molecule is CN1CCCCC1CNCCc1nccs1. The van der Waals surface area contributed by atoms with E-state index in [2.05, 4.69) is 22.2 Å². The molecule has 0 amide bonds. The second kappa shape index (κ2) is 6.33. The fourth-order valence-corrected chi connectivity index (χ4v) is 2.86. The van der Waals surface area contributed by atoms with Crippen molar-refractivity contribution in [3.05, 3.63) is 16.6 Å². The molecule has 1 unspecified atom stereocenters. The van der Waals surface area contributed by atoms with Crippen LogP contribution in [0.25, 0.3) is 0 Å². The van der Waals surface area contributed by atoms with Gasteiger partial charge < -0.3 is 10.2 Å². The highest BCUT2D eigenvalue weighted by molar-refractivity contribution is 7.09. The normalized spacial score (nSPS) is 22.4. The van der Waals surface area contributed by atoms with Crippen molar-refractivity contribution in [3.8, 4) is 0 Å². The van der Waals surface area contributed by atoms with Crippen LogP contribution in [0.2, 0.25) is 0 Å². The van der Waals surface area contributed by atoms with E-state index in [0.717, 1.165) is 25.6 Å². The molecular formula is C12H21N3S. The van der Waals surface area contributed by atoms with Gasteiger partial charge in [0.1, 0.15) is 0 Å². The Morgan fingerprint density at radius 2 is 2.50 bits per heavy atom. The van der Waals surface area contributed by atoms with Crippen LogP contribution in [0.15, 0.2) is 11.6 Å². The summed E-state index contributed by atoms with van der Waals surface area (Å²) in [7, 11) is 2.24. The zero-order chi connectivity index (χ0) is 11.2. The molecule has 0 saturated carbocycles. The summed E-state index contributed by atoms with van der Waals surface area (Å²) in [5.41, 5.74) is 0. The standard InChI is InChI=1S/C12H21N3S/c1-15-8-3-2-4-11(15)10-13-6-5-12-14-7-9-16-12/h7,9,11,13H,2-6,8,10H2,1H3. The average molecular weight is 239 g/mol. The van der Waals surface area contributed by atoms with Crippen molar-refractivity contribution in [3.63, 3.8) is 0 Å². The lowest BCUT2D eigenvalue weighted by Crippen LogP contribution is -2.43. The summed E-state index contributed by atoms with van der Waals surface area (Å²) < 4.78 is 0. The fraction of sp³-hybridized carbons (Fsp3) is 0.750. The number of piperidine rings is 1. The van der Waals surface area contributed by atoms with E-state index in [9.17, 15) is 0 Å². The van der Waals surface area contributed by atoms with E-state index in [1.165, 1.54) is 30.8 Å². The lowest BCUT2D eigenvalue weighted by Gasteiger charge is -2.32. The Balaban J connectivity index is 1.60. The monoisotopic (exact) mass is 239 g/mol. The first kappa shape index (κ1) is 12.0. The second-order valence-electron chi connectivity index (χ2n) is 4.51. The number of hydrogen-bond acceptors (Lipinski definition) is 4. The third-order valence-corrected chi connectivity index (χ3v) is 4.14. The molecule has 1 saturated heterocycles. The van der Waals surface area contributed by atoms with Crippen molar-refractivity contribution < 1.29 is 0 Å². The van der Waals surface area contributed by atoms with Gasteiger partial charge in [0, 0.05) is 37.1 Å². The number of nitrogens with one attached hydrogen (secondary N) is 1. The zero-order valence-corrected chi connectivity index (χ0v) is 10.8. The topological polar surface area (TPSA) is 28.2 Å². The van der Waals surface area contributed by atoms with Crippen LogP contribution in [-0.4, -0.2) is 42.6 Å². The van der Waals surface area contributed by atoms with Gasteiger partial charge in [-0.05, 0) is 26.4 Å². The summed E-state index contributed by atoms with van der Waals surface area (Å²) in [4.78, 5) is 6.77. The molecule has 0 aliphatic carbocycles. The Labute approximate surface area is 102 Å². The fourth-order valence-electron chi connectivity index (χ4n) is 2.24. The summed E-state index contributed by atoms with van der Waals surface area (Å²) >= 11 is 1.75. The number of likely N-dealkylation sites (N-methyl/N-ethyl adjacent to an activating group) is 1. The lowest BCUT2D eigenvalue weighted by atomic mass is 10.0. The lowest BCUT2D eigenvalue weighted by molar-refractivity contribution is 0.182. The first-order valence-electron chi connectivity index (χ1n) is 6.15. The molecule has 1 aliphatic heterocycles. The molecule has 1 aromatic heterocycles. The predicted molar refractivity (Wildman–Crippen MR) is 69.0 cm³/mol. The highest BCUT2D eigenvalue weighted by Gasteiger charge is 2.17. The van der Waals surface area contributed by atoms with Crippen LogP contribution in [0.1, 0.15) is 24.3 Å². The maximum atomic E-state index is 4.28. The van der Waals surface area contributed by atoms with Crippen LogP contribution in [0.4, 0.5) is 0 Å². The third kappa shape index (κ3) is 3.54. The van der Waals surface area contributed by atoms with E-state index < -0.39 is 0 Å². The van der Waals surface area contributed by atoms with Gasteiger partial charge in [0.15, 0.2) is 0 Å². The minimum Gasteiger partial charge on any atom is -0.315 e. The number of rotatable bonds is 5. The molecule has 3 nitrogen and oxygen atoms in total. The van der Waals surface area contributed by atoms with Crippen molar-refractivity contribution in [2.24, 2.45) is 0 Å². The molecule has 90 valence electrons. The van der Waals surface area contributed by atoms with Crippen LogP contribution in [0.5, 0.6) is 0 Å². The zero-order valence-electron chi connectivity index (χ0n) is 9.98. The molecule has 2 rings (SSSR count). The van der Waals surface area contributed by atoms with E-state index >= 15 is 0 Å². The Hall–Kier alpha value is -0.450. The predicted octanol–water partition coefficient (Wildman–Crippen LogP) is 1.76. The molecular weight excluding hydrogens is 218 g/mol. The Morgan fingerprint density at radius 3 is 3.25 bits per heavy atom. The third-order valence-electron chi connectivity index (χ3n) is 3.30. The molecule has 0 aromatic carbocycles. The molecule has 1 atom stereocenters. The largest absolute Gasteiger partial charge is 0.315 e. The highest BCUT2D eigenvalue weighted by atomic mass is 32.1. The van der Waals surface area contributed by atoms with Gasteiger partial charge >= 0.3 is 0 Å². The summed E-state index contributed by atoms with van der Waals surface area (Å²) in [6.45, 7) is 3.44. The number of likely N-dealkylation sites (tertiary alicyclic amines) is 1. The van der Waals surface area contributed by atoms with Gasteiger partial charge in [0.25, 0.3) is 0 Å². The van der Waals surface area contributed by atoms with Crippen molar-refractivity contribution in [1.82, 2.24) is 15.2 Å². The maximum absolute atomic E-state index is 4.28. The van der Waals surface area contributed by atoms with Gasteiger partial charge in [-0.25, -0.2) is 4.98 Å². The quantitative estimate of drug-likeness (QED) is 0.794. The van der Waals surface area contributed by atoms with Crippen molar-refractivity contribution >= 4 is 11.3 Å². The summed E-state index contributed by atoms with van der Waals surface area (Å²) in [6, 6.07) is 0.741. The first-order chi connectivity index (χ1) is 7.86. The number of thiazole rings is 1. The Morgan fingerprint density at radius 1 is 1.56 bits per heavy atom. The molecule has 16 heavy (non-hydrogen) atoms.